The number of hydrogen-bond donors (Lipinski definition) is 2. The van der Waals surface area contributed by atoms with Gasteiger partial charge in [-0.25, -0.2) is 15.8 Å². The number of hydrazine groups is 1. The molecule has 1 heterocycles. The predicted molar refractivity (Wildman–Crippen MR) is 70.5 cm³/mol. The minimum Gasteiger partial charge on any atom is -0.439 e. The summed E-state index contributed by atoms with van der Waals surface area (Å²) in [4.78, 5) is 8.20. The maximum atomic E-state index is 5.75. The molecule has 0 fully saturated rings. The third-order valence-electron chi connectivity index (χ3n) is 2.63. The quantitative estimate of drug-likeness (QED) is 0.638. The highest BCUT2D eigenvalue weighted by Gasteiger charge is 2.10. The summed E-state index contributed by atoms with van der Waals surface area (Å²) in [7, 11) is 0. The van der Waals surface area contributed by atoms with Crippen LogP contribution in [0.5, 0.6) is 11.6 Å². The van der Waals surface area contributed by atoms with Crippen LogP contribution < -0.4 is 16.0 Å². The molecular formula is C13H16N4O. The van der Waals surface area contributed by atoms with Crippen LogP contribution in [-0.2, 0) is 6.42 Å². The maximum Gasteiger partial charge on any atom is 0.227 e. The maximum absolute atomic E-state index is 5.75. The van der Waals surface area contributed by atoms with E-state index >= 15 is 0 Å². The molecule has 0 aliphatic carbocycles. The highest BCUT2D eigenvalue weighted by molar-refractivity contribution is 5.48. The van der Waals surface area contributed by atoms with Gasteiger partial charge in [-0.1, -0.05) is 24.6 Å². The molecule has 0 atom stereocenters. The summed E-state index contributed by atoms with van der Waals surface area (Å²) in [5.74, 6) is 7.28. The summed E-state index contributed by atoms with van der Waals surface area (Å²) in [6, 6.07) is 7.80. The second-order valence-corrected chi connectivity index (χ2v) is 3.92. The smallest absolute Gasteiger partial charge is 0.227 e. The Labute approximate surface area is 106 Å². The molecule has 18 heavy (non-hydrogen) atoms. The zero-order valence-electron chi connectivity index (χ0n) is 10.5. The Morgan fingerprint density at radius 1 is 1.22 bits per heavy atom. The van der Waals surface area contributed by atoms with Crippen molar-refractivity contribution in [3.05, 3.63) is 41.7 Å². The van der Waals surface area contributed by atoms with Gasteiger partial charge in [0.05, 0.1) is 5.56 Å². The molecule has 5 heteroatoms. The fourth-order valence-corrected chi connectivity index (χ4v) is 1.65. The third kappa shape index (κ3) is 2.57. The van der Waals surface area contributed by atoms with E-state index in [9.17, 15) is 0 Å². The second-order valence-electron chi connectivity index (χ2n) is 3.92. The molecule has 0 aliphatic heterocycles. The SMILES string of the molecule is CCc1c(NN)ncnc1Oc1ccc(C)cc1. The highest BCUT2D eigenvalue weighted by Crippen LogP contribution is 2.26. The number of hydrogen-bond acceptors (Lipinski definition) is 5. The van der Waals surface area contributed by atoms with Gasteiger partial charge >= 0.3 is 0 Å². The normalized spacial score (nSPS) is 10.2. The molecule has 0 saturated heterocycles. The van der Waals surface area contributed by atoms with Gasteiger partial charge in [-0.05, 0) is 25.5 Å². The average Bonchev–Trinajstić information content (AvgIpc) is 2.41. The molecule has 3 N–H and O–H groups in total. The van der Waals surface area contributed by atoms with Crippen LogP contribution in [-0.4, -0.2) is 9.97 Å². The van der Waals surface area contributed by atoms with E-state index in [0.717, 1.165) is 17.7 Å². The zero-order valence-corrected chi connectivity index (χ0v) is 10.5. The summed E-state index contributed by atoms with van der Waals surface area (Å²) >= 11 is 0. The van der Waals surface area contributed by atoms with E-state index < -0.39 is 0 Å². The molecule has 0 radical (unpaired) electrons. The third-order valence-corrected chi connectivity index (χ3v) is 2.63. The lowest BCUT2D eigenvalue weighted by molar-refractivity contribution is 0.455. The van der Waals surface area contributed by atoms with Gasteiger partial charge in [0.15, 0.2) is 0 Å². The molecule has 0 aliphatic rings. The Balaban J connectivity index is 2.31. The van der Waals surface area contributed by atoms with Crippen LogP contribution in [0.2, 0.25) is 0 Å². The van der Waals surface area contributed by atoms with E-state index in [4.69, 9.17) is 10.6 Å². The average molecular weight is 244 g/mol. The summed E-state index contributed by atoms with van der Waals surface area (Å²) in [5.41, 5.74) is 4.60. The first-order valence-electron chi connectivity index (χ1n) is 5.79. The number of benzene rings is 1. The number of nitrogens with zero attached hydrogens (tertiary/aromatic N) is 2. The van der Waals surface area contributed by atoms with E-state index in [1.807, 2.05) is 38.1 Å². The molecular weight excluding hydrogens is 228 g/mol. The van der Waals surface area contributed by atoms with Crippen molar-refractivity contribution < 1.29 is 4.74 Å². The summed E-state index contributed by atoms with van der Waals surface area (Å²) in [5, 5.41) is 0. The second kappa shape index (κ2) is 5.46. The Kier molecular flexibility index (Phi) is 3.74. The molecule has 0 saturated carbocycles. The van der Waals surface area contributed by atoms with E-state index in [1.54, 1.807) is 0 Å². The monoisotopic (exact) mass is 244 g/mol. The molecule has 0 amide bonds. The van der Waals surface area contributed by atoms with Gasteiger partial charge in [-0.3, -0.25) is 0 Å². The lowest BCUT2D eigenvalue weighted by atomic mass is 10.2. The van der Waals surface area contributed by atoms with Crippen molar-refractivity contribution in [3.63, 3.8) is 0 Å². The molecule has 0 bridgehead atoms. The van der Waals surface area contributed by atoms with Crippen molar-refractivity contribution in [2.45, 2.75) is 20.3 Å². The van der Waals surface area contributed by atoms with E-state index in [2.05, 4.69) is 15.4 Å². The molecule has 0 spiro atoms. The summed E-state index contributed by atoms with van der Waals surface area (Å²) in [6.45, 7) is 4.03. The number of aryl methyl sites for hydroxylation is 1. The van der Waals surface area contributed by atoms with Crippen molar-refractivity contribution >= 4 is 5.82 Å². The topological polar surface area (TPSA) is 73.1 Å². The lowest BCUT2D eigenvalue weighted by Gasteiger charge is -2.11. The first-order chi connectivity index (χ1) is 8.74. The van der Waals surface area contributed by atoms with Gasteiger partial charge in [0.25, 0.3) is 0 Å². The van der Waals surface area contributed by atoms with Crippen LogP contribution in [0.3, 0.4) is 0 Å². The molecule has 0 unspecified atom stereocenters. The minimum absolute atomic E-state index is 0.532. The van der Waals surface area contributed by atoms with Gasteiger partial charge in [-0.2, -0.15) is 0 Å². The fourth-order valence-electron chi connectivity index (χ4n) is 1.65. The fraction of sp³-hybridized carbons (Fsp3) is 0.231. The summed E-state index contributed by atoms with van der Waals surface area (Å²) in [6.07, 6.45) is 2.17. The van der Waals surface area contributed by atoms with Gasteiger partial charge < -0.3 is 10.2 Å². The predicted octanol–water partition coefficient (Wildman–Crippen LogP) is 2.43. The molecule has 2 aromatic rings. The Morgan fingerprint density at radius 3 is 2.56 bits per heavy atom. The number of aromatic nitrogens is 2. The van der Waals surface area contributed by atoms with Crippen LogP contribution in [0.15, 0.2) is 30.6 Å². The van der Waals surface area contributed by atoms with E-state index in [1.165, 1.54) is 11.9 Å². The molecule has 1 aromatic carbocycles. The van der Waals surface area contributed by atoms with Crippen molar-refractivity contribution in [3.8, 4) is 11.6 Å². The number of rotatable bonds is 4. The minimum atomic E-state index is 0.532. The summed E-state index contributed by atoms with van der Waals surface area (Å²) < 4.78 is 5.75. The van der Waals surface area contributed by atoms with Crippen molar-refractivity contribution in [2.75, 3.05) is 5.43 Å². The van der Waals surface area contributed by atoms with Crippen LogP contribution in [0, 0.1) is 6.92 Å². The Hall–Kier alpha value is -2.14. The van der Waals surface area contributed by atoms with E-state index in [-0.39, 0.29) is 0 Å². The number of nitrogens with two attached hydrogens (primary N) is 1. The van der Waals surface area contributed by atoms with Gasteiger partial charge in [0.1, 0.15) is 17.9 Å². The molecule has 1 aromatic heterocycles. The Bertz CT molecular complexity index is 525. The number of anilines is 1. The molecule has 2 rings (SSSR count). The van der Waals surface area contributed by atoms with Crippen LogP contribution in [0.4, 0.5) is 5.82 Å². The van der Waals surface area contributed by atoms with E-state index in [0.29, 0.717) is 11.7 Å². The van der Waals surface area contributed by atoms with Crippen molar-refractivity contribution in [1.82, 2.24) is 9.97 Å². The van der Waals surface area contributed by atoms with Gasteiger partial charge in [0, 0.05) is 0 Å². The van der Waals surface area contributed by atoms with Crippen molar-refractivity contribution in [1.29, 1.82) is 0 Å². The molecule has 5 nitrogen and oxygen atoms in total. The zero-order chi connectivity index (χ0) is 13.0. The highest BCUT2D eigenvalue weighted by atomic mass is 16.5. The lowest BCUT2D eigenvalue weighted by Crippen LogP contribution is -2.12. The standard InChI is InChI=1S/C13H16N4O/c1-3-11-12(17-14)15-8-16-13(11)18-10-6-4-9(2)5-7-10/h4-8H,3,14H2,1-2H3,(H,15,16,17). The van der Waals surface area contributed by atoms with Crippen LogP contribution in [0.1, 0.15) is 18.1 Å². The Morgan fingerprint density at radius 2 is 1.94 bits per heavy atom. The number of ether oxygens (including phenoxy) is 1. The van der Waals surface area contributed by atoms with Gasteiger partial charge in [0.2, 0.25) is 5.88 Å². The first kappa shape index (κ1) is 12.3. The molecule has 94 valence electrons. The van der Waals surface area contributed by atoms with Gasteiger partial charge in [-0.15, -0.1) is 0 Å². The van der Waals surface area contributed by atoms with Crippen molar-refractivity contribution in [2.24, 2.45) is 5.84 Å². The number of nitrogens with one attached hydrogen (secondary N) is 1. The largest absolute Gasteiger partial charge is 0.439 e. The van der Waals surface area contributed by atoms with Crippen LogP contribution >= 0.6 is 0 Å². The first-order valence-corrected chi connectivity index (χ1v) is 5.79. The van der Waals surface area contributed by atoms with Crippen LogP contribution in [0.25, 0.3) is 0 Å². The number of nitrogen functional groups attached to an aromatic ring is 1.